The van der Waals surface area contributed by atoms with Crippen LogP contribution in [-0.4, -0.2) is 30.6 Å². The molecular formula is C18H26N2S. The molecular weight excluding hydrogens is 276 g/mol. The lowest BCUT2D eigenvalue weighted by Crippen LogP contribution is -2.39. The van der Waals surface area contributed by atoms with Gasteiger partial charge in [0.1, 0.15) is 0 Å². The number of nitrogens with one attached hydrogen (secondary N) is 1. The van der Waals surface area contributed by atoms with Crippen LogP contribution in [0.5, 0.6) is 0 Å². The summed E-state index contributed by atoms with van der Waals surface area (Å²) in [4.78, 5) is 2.61. The number of likely N-dealkylation sites (tertiary alicyclic amines) is 1. The van der Waals surface area contributed by atoms with Crippen molar-refractivity contribution in [2.24, 2.45) is 5.92 Å². The molecule has 1 saturated heterocycles. The minimum atomic E-state index is 0.560. The van der Waals surface area contributed by atoms with E-state index in [1.807, 2.05) is 11.3 Å². The highest BCUT2D eigenvalue weighted by Gasteiger charge is 2.23. The normalized spacial score (nSPS) is 19.0. The maximum atomic E-state index is 3.73. The Morgan fingerprint density at radius 2 is 2.10 bits per heavy atom. The standard InChI is InChI=1S/C18H26N2S/c1-3-9-20-10-6-15(7-11-20)14(2)19-17-4-5-18-16(13-17)8-12-21-18/h4-5,8,12-15,19H,3,6-7,9-11H2,1-2H3. The van der Waals surface area contributed by atoms with Gasteiger partial charge in [-0.2, -0.15) is 0 Å². The van der Waals surface area contributed by atoms with Gasteiger partial charge in [0, 0.05) is 16.4 Å². The number of hydrogen-bond acceptors (Lipinski definition) is 3. The zero-order chi connectivity index (χ0) is 14.7. The van der Waals surface area contributed by atoms with Crippen LogP contribution in [0, 0.1) is 5.92 Å². The highest BCUT2D eigenvalue weighted by molar-refractivity contribution is 7.17. The average Bonchev–Trinajstić information content (AvgIpc) is 2.96. The summed E-state index contributed by atoms with van der Waals surface area (Å²) in [6.45, 7) is 8.43. The Morgan fingerprint density at radius 3 is 2.86 bits per heavy atom. The lowest BCUT2D eigenvalue weighted by molar-refractivity contribution is 0.176. The highest BCUT2D eigenvalue weighted by Crippen LogP contribution is 2.27. The summed E-state index contributed by atoms with van der Waals surface area (Å²) in [7, 11) is 0. The Labute approximate surface area is 132 Å². The van der Waals surface area contributed by atoms with Crippen molar-refractivity contribution in [3.63, 3.8) is 0 Å². The summed E-state index contributed by atoms with van der Waals surface area (Å²) in [6, 6.07) is 9.51. The number of fused-ring (bicyclic) bond motifs is 1. The molecule has 0 spiro atoms. The second kappa shape index (κ2) is 6.80. The minimum absolute atomic E-state index is 0.560. The summed E-state index contributed by atoms with van der Waals surface area (Å²) in [6.07, 6.45) is 3.93. The number of benzene rings is 1. The SMILES string of the molecule is CCCN1CCC(C(C)Nc2ccc3sccc3c2)CC1. The highest BCUT2D eigenvalue weighted by atomic mass is 32.1. The van der Waals surface area contributed by atoms with Gasteiger partial charge in [0.2, 0.25) is 0 Å². The first kappa shape index (κ1) is 14.9. The largest absolute Gasteiger partial charge is 0.382 e. The van der Waals surface area contributed by atoms with Gasteiger partial charge >= 0.3 is 0 Å². The summed E-state index contributed by atoms with van der Waals surface area (Å²) in [5, 5.41) is 7.25. The van der Waals surface area contributed by atoms with Crippen molar-refractivity contribution in [2.75, 3.05) is 25.0 Å². The van der Waals surface area contributed by atoms with Gasteiger partial charge in [-0.1, -0.05) is 6.92 Å². The first-order valence-corrected chi connectivity index (χ1v) is 9.10. The topological polar surface area (TPSA) is 15.3 Å². The van der Waals surface area contributed by atoms with Gasteiger partial charge < -0.3 is 10.2 Å². The van der Waals surface area contributed by atoms with Gasteiger partial charge in [-0.3, -0.25) is 0 Å². The van der Waals surface area contributed by atoms with Crippen LogP contribution in [0.2, 0.25) is 0 Å². The molecule has 0 amide bonds. The third kappa shape index (κ3) is 3.58. The Morgan fingerprint density at radius 1 is 1.29 bits per heavy atom. The van der Waals surface area contributed by atoms with E-state index >= 15 is 0 Å². The maximum Gasteiger partial charge on any atom is 0.0349 e. The van der Waals surface area contributed by atoms with E-state index in [9.17, 15) is 0 Å². The fourth-order valence-electron chi connectivity index (χ4n) is 3.43. The molecule has 1 aliphatic rings. The summed E-state index contributed by atoms with van der Waals surface area (Å²) in [5.41, 5.74) is 1.27. The van der Waals surface area contributed by atoms with E-state index in [0.717, 1.165) is 5.92 Å². The predicted molar refractivity (Wildman–Crippen MR) is 94.4 cm³/mol. The fourth-order valence-corrected chi connectivity index (χ4v) is 4.20. The third-order valence-electron chi connectivity index (χ3n) is 4.73. The second-order valence-electron chi connectivity index (χ2n) is 6.29. The summed E-state index contributed by atoms with van der Waals surface area (Å²) in [5.74, 6) is 0.802. The fraction of sp³-hybridized carbons (Fsp3) is 0.556. The number of rotatable bonds is 5. The molecule has 114 valence electrons. The van der Waals surface area contributed by atoms with Crippen LogP contribution in [0.1, 0.15) is 33.1 Å². The second-order valence-corrected chi connectivity index (χ2v) is 7.23. The van der Waals surface area contributed by atoms with Crippen molar-refractivity contribution >= 4 is 27.1 Å². The van der Waals surface area contributed by atoms with Crippen molar-refractivity contribution in [2.45, 2.75) is 39.2 Å². The molecule has 1 fully saturated rings. The van der Waals surface area contributed by atoms with Crippen LogP contribution >= 0.6 is 11.3 Å². The van der Waals surface area contributed by atoms with Crippen LogP contribution < -0.4 is 5.32 Å². The zero-order valence-electron chi connectivity index (χ0n) is 13.1. The van der Waals surface area contributed by atoms with Crippen molar-refractivity contribution in [1.82, 2.24) is 4.90 Å². The molecule has 0 radical (unpaired) electrons. The van der Waals surface area contributed by atoms with Crippen LogP contribution in [0.15, 0.2) is 29.6 Å². The lowest BCUT2D eigenvalue weighted by Gasteiger charge is -2.35. The molecule has 1 N–H and O–H groups in total. The van der Waals surface area contributed by atoms with Gasteiger partial charge in [0.05, 0.1) is 0 Å². The smallest absolute Gasteiger partial charge is 0.0349 e. The van der Waals surface area contributed by atoms with E-state index in [2.05, 4.69) is 53.7 Å². The molecule has 0 aliphatic carbocycles. The molecule has 1 aromatic carbocycles. The van der Waals surface area contributed by atoms with E-state index in [1.54, 1.807) is 0 Å². The molecule has 0 saturated carbocycles. The number of piperidine rings is 1. The average molecular weight is 302 g/mol. The lowest BCUT2D eigenvalue weighted by atomic mass is 9.90. The molecule has 2 aromatic rings. The van der Waals surface area contributed by atoms with Crippen LogP contribution in [0.4, 0.5) is 5.69 Å². The van der Waals surface area contributed by atoms with Gasteiger partial charge in [-0.05, 0) is 86.8 Å². The summed E-state index contributed by atoms with van der Waals surface area (Å²) < 4.78 is 1.38. The van der Waals surface area contributed by atoms with Crippen molar-refractivity contribution in [1.29, 1.82) is 0 Å². The monoisotopic (exact) mass is 302 g/mol. The van der Waals surface area contributed by atoms with E-state index in [0.29, 0.717) is 6.04 Å². The quantitative estimate of drug-likeness (QED) is 0.851. The van der Waals surface area contributed by atoms with Crippen LogP contribution in [0.3, 0.4) is 0 Å². The molecule has 1 aromatic heterocycles. The van der Waals surface area contributed by atoms with E-state index in [-0.39, 0.29) is 0 Å². The molecule has 3 rings (SSSR count). The number of thiophene rings is 1. The van der Waals surface area contributed by atoms with E-state index < -0.39 is 0 Å². The van der Waals surface area contributed by atoms with Crippen molar-refractivity contribution in [3.05, 3.63) is 29.6 Å². The number of anilines is 1. The minimum Gasteiger partial charge on any atom is -0.382 e. The van der Waals surface area contributed by atoms with Crippen molar-refractivity contribution < 1.29 is 0 Å². The van der Waals surface area contributed by atoms with E-state index in [1.165, 1.54) is 54.7 Å². The Bertz CT molecular complexity index is 569. The number of hydrogen-bond donors (Lipinski definition) is 1. The molecule has 3 heteroatoms. The van der Waals surface area contributed by atoms with E-state index in [4.69, 9.17) is 0 Å². The molecule has 1 atom stereocenters. The van der Waals surface area contributed by atoms with Crippen molar-refractivity contribution in [3.8, 4) is 0 Å². The molecule has 0 bridgehead atoms. The molecule has 21 heavy (non-hydrogen) atoms. The molecule has 1 aliphatic heterocycles. The predicted octanol–water partition coefficient (Wildman–Crippen LogP) is 4.82. The van der Waals surface area contributed by atoms with Gasteiger partial charge in [-0.15, -0.1) is 11.3 Å². The van der Waals surface area contributed by atoms with Crippen LogP contribution in [-0.2, 0) is 0 Å². The maximum absolute atomic E-state index is 3.73. The van der Waals surface area contributed by atoms with Gasteiger partial charge in [0.25, 0.3) is 0 Å². The Balaban J connectivity index is 1.57. The third-order valence-corrected chi connectivity index (χ3v) is 5.62. The zero-order valence-corrected chi connectivity index (χ0v) is 14.0. The van der Waals surface area contributed by atoms with Gasteiger partial charge in [-0.25, -0.2) is 0 Å². The Kier molecular flexibility index (Phi) is 4.81. The molecule has 2 nitrogen and oxygen atoms in total. The number of nitrogens with zero attached hydrogens (tertiary/aromatic N) is 1. The first-order chi connectivity index (χ1) is 10.3. The molecule has 2 heterocycles. The van der Waals surface area contributed by atoms with Crippen LogP contribution in [0.25, 0.3) is 10.1 Å². The first-order valence-electron chi connectivity index (χ1n) is 8.22. The Hall–Kier alpha value is -1.06. The van der Waals surface area contributed by atoms with Gasteiger partial charge in [0.15, 0.2) is 0 Å². The molecule has 1 unspecified atom stereocenters. The summed E-state index contributed by atoms with van der Waals surface area (Å²) >= 11 is 1.81.